The highest BCUT2D eigenvalue weighted by atomic mass is 32.1. The Bertz CT molecular complexity index is 1200. The molecule has 1 fully saturated rings. The first kappa shape index (κ1) is 23.8. The first-order valence-corrected chi connectivity index (χ1v) is 11.6. The van der Waals surface area contributed by atoms with Gasteiger partial charge in [-0.05, 0) is 50.1 Å². The zero-order chi connectivity index (χ0) is 24.5. The van der Waals surface area contributed by atoms with Gasteiger partial charge in [-0.2, -0.15) is 0 Å². The van der Waals surface area contributed by atoms with Crippen LogP contribution in [0, 0.1) is 6.92 Å². The summed E-state index contributed by atoms with van der Waals surface area (Å²) in [6, 6.07) is 7.20. The van der Waals surface area contributed by atoms with Crippen LogP contribution in [0.4, 0.5) is 13.2 Å². The third-order valence-electron chi connectivity index (χ3n) is 5.71. The summed E-state index contributed by atoms with van der Waals surface area (Å²) in [6.07, 6.45) is -2.57. The van der Waals surface area contributed by atoms with E-state index in [4.69, 9.17) is 5.73 Å². The standard InChI is InChI=1S/C23H23F3N4O3S/c1-14-17(21(27)32)12-19(30(14)11-3-10-29-9-2-4-20(29)31)18-13-34-22(28-18)15-5-7-16(8-6-15)33-23(24,25)26/h5-8,12-13H,2-4,9-11H2,1H3,(H2,27,32). The average molecular weight is 493 g/mol. The highest BCUT2D eigenvalue weighted by Gasteiger charge is 2.31. The molecule has 1 aromatic carbocycles. The first-order valence-electron chi connectivity index (χ1n) is 10.7. The number of likely N-dealkylation sites (tertiary alicyclic amines) is 1. The summed E-state index contributed by atoms with van der Waals surface area (Å²) < 4.78 is 43.1. The molecule has 1 aliphatic rings. The molecule has 180 valence electrons. The molecule has 3 heterocycles. The fourth-order valence-electron chi connectivity index (χ4n) is 4.08. The first-order chi connectivity index (χ1) is 16.1. The lowest BCUT2D eigenvalue weighted by molar-refractivity contribution is -0.274. The van der Waals surface area contributed by atoms with Gasteiger partial charge < -0.3 is 19.9 Å². The number of benzene rings is 1. The fourth-order valence-corrected chi connectivity index (χ4v) is 4.90. The molecule has 3 aromatic rings. The number of ether oxygens (including phenoxy) is 1. The van der Waals surface area contributed by atoms with Crippen molar-refractivity contribution in [3.8, 4) is 27.7 Å². The van der Waals surface area contributed by atoms with E-state index in [1.807, 2.05) is 21.8 Å². The van der Waals surface area contributed by atoms with E-state index in [1.165, 1.54) is 35.6 Å². The van der Waals surface area contributed by atoms with Crippen LogP contribution in [-0.4, -0.2) is 45.7 Å². The molecule has 0 saturated carbocycles. The van der Waals surface area contributed by atoms with Crippen molar-refractivity contribution in [2.24, 2.45) is 5.73 Å². The van der Waals surface area contributed by atoms with Crippen molar-refractivity contribution in [1.82, 2.24) is 14.5 Å². The lowest BCUT2D eigenvalue weighted by atomic mass is 10.2. The smallest absolute Gasteiger partial charge is 0.406 e. The molecule has 0 spiro atoms. The summed E-state index contributed by atoms with van der Waals surface area (Å²) >= 11 is 1.34. The molecule has 11 heteroatoms. The van der Waals surface area contributed by atoms with Crippen LogP contribution in [0.25, 0.3) is 22.0 Å². The van der Waals surface area contributed by atoms with E-state index in [9.17, 15) is 22.8 Å². The second-order valence-corrected chi connectivity index (χ2v) is 8.85. The number of carbonyl (C=O) groups is 2. The number of amides is 2. The minimum Gasteiger partial charge on any atom is -0.406 e. The molecule has 34 heavy (non-hydrogen) atoms. The number of rotatable bonds is 8. The zero-order valence-electron chi connectivity index (χ0n) is 18.4. The summed E-state index contributed by atoms with van der Waals surface area (Å²) in [6.45, 7) is 3.80. The number of alkyl halides is 3. The Morgan fingerprint density at radius 3 is 2.59 bits per heavy atom. The van der Waals surface area contributed by atoms with E-state index < -0.39 is 12.3 Å². The molecule has 2 N–H and O–H groups in total. The summed E-state index contributed by atoms with van der Waals surface area (Å²) in [5.74, 6) is -0.680. The molecule has 4 rings (SSSR count). The molecule has 1 saturated heterocycles. The van der Waals surface area contributed by atoms with Gasteiger partial charge >= 0.3 is 6.36 Å². The fraction of sp³-hybridized carbons (Fsp3) is 0.348. The zero-order valence-corrected chi connectivity index (χ0v) is 19.2. The van der Waals surface area contributed by atoms with Gasteiger partial charge in [-0.15, -0.1) is 24.5 Å². The van der Waals surface area contributed by atoms with Crippen molar-refractivity contribution in [2.75, 3.05) is 13.1 Å². The Morgan fingerprint density at radius 2 is 1.97 bits per heavy atom. The van der Waals surface area contributed by atoms with Crippen LogP contribution in [0.15, 0.2) is 35.7 Å². The Morgan fingerprint density at radius 1 is 1.24 bits per heavy atom. The molecule has 0 unspecified atom stereocenters. The van der Waals surface area contributed by atoms with Crippen LogP contribution in [0.1, 0.15) is 35.3 Å². The Hall–Kier alpha value is -3.34. The van der Waals surface area contributed by atoms with Crippen molar-refractivity contribution in [1.29, 1.82) is 0 Å². The number of aromatic nitrogens is 2. The molecule has 7 nitrogen and oxygen atoms in total. The molecule has 0 aliphatic carbocycles. The third-order valence-corrected chi connectivity index (χ3v) is 6.61. The summed E-state index contributed by atoms with van der Waals surface area (Å²) in [4.78, 5) is 30.3. The lowest BCUT2D eigenvalue weighted by Gasteiger charge is -2.17. The van der Waals surface area contributed by atoms with Gasteiger partial charge in [-0.3, -0.25) is 9.59 Å². The monoisotopic (exact) mass is 492 g/mol. The number of nitrogens with zero attached hydrogens (tertiary/aromatic N) is 3. The number of hydrogen-bond donors (Lipinski definition) is 1. The van der Waals surface area contributed by atoms with E-state index >= 15 is 0 Å². The second-order valence-electron chi connectivity index (χ2n) is 7.99. The minimum absolute atomic E-state index is 0.165. The molecular formula is C23H23F3N4O3S. The minimum atomic E-state index is -4.75. The Kier molecular flexibility index (Phi) is 6.65. The van der Waals surface area contributed by atoms with Crippen molar-refractivity contribution >= 4 is 23.2 Å². The average Bonchev–Trinajstić information content (AvgIpc) is 3.48. The summed E-state index contributed by atoms with van der Waals surface area (Å²) in [7, 11) is 0. The number of carbonyl (C=O) groups excluding carboxylic acids is 2. The van der Waals surface area contributed by atoms with E-state index in [0.29, 0.717) is 47.8 Å². The molecule has 2 aromatic heterocycles. The highest BCUT2D eigenvalue weighted by Crippen LogP contribution is 2.33. The third kappa shape index (κ3) is 5.24. The van der Waals surface area contributed by atoms with E-state index in [1.54, 1.807) is 6.07 Å². The Labute approximate surface area is 198 Å². The molecule has 0 atom stereocenters. The molecule has 1 aliphatic heterocycles. The van der Waals surface area contributed by atoms with Crippen LogP contribution >= 0.6 is 11.3 Å². The largest absolute Gasteiger partial charge is 0.573 e. The van der Waals surface area contributed by atoms with Crippen molar-refractivity contribution < 1.29 is 27.5 Å². The van der Waals surface area contributed by atoms with Gasteiger partial charge in [0.25, 0.3) is 5.91 Å². The van der Waals surface area contributed by atoms with Crippen LogP contribution in [0.2, 0.25) is 0 Å². The van der Waals surface area contributed by atoms with Gasteiger partial charge in [0.15, 0.2) is 0 Å². The number of nitrogens with two attached hydrogens (primary N) is 1. The van der Waals surface area contributed by atoms with Gasteiger partial charge in [-0.1, -0.05) is 0 Å². The number of halogens is 3. The molecule has 2 amide bonds. The maximum atomic E-state index is 12.4. The highest BCUT2D eigenvalue weighted by molar-refractivity contribution is 7.13. The van der Waals surface area contributed by atoms with Gasteiger partial charge in [0.2, 0.25) is 5.91 Å². The van der Waals surface area contributed by atoms with Crippen molar-refractivity contribution in [3.63, 3.8) is 0 Å². The number of thiazole rings is 1. The number of primary amides is 1. The van der Waals surface area contributed by atoms with Crippen molar-refractivity contribution in [2.45, 2.75) is 39.1 Å². The van der Waals surface area contributed by atoms with E-state index in [-0.39, 0.29) is 11.7 Å². The second kappa shape index (κ2) is 9.49. The lowest BCUT2D eigenvalue weighted by Crippen LogP contribution is -2.26. The quantitative estimate of drug-likeness (QED) is 0.498. The predicted molar refractivity (Wildman–Crippen MR) is 121 cm³/mol. The van der Waals surface area contributed by atoms with Crippen LogP contribution in [-0.2, 0) is 11.3 Å². The normalized spacial score (nSPS) is 14.1. The topological polar surface area (TPSA) is 90.5 Å². The molecular weight excluding hydrogens is 469 g/mol. The number of hydrogen-bond acceptors (Lipinski definition) is 5. The molecule has 0 bridgehead atoms. The maximum absolute atomic E-state index is 12.4. The van der Waals surface area contributed by atoms with Gasteiger partial charge in [0.05, 0.1) is 17.0 Å². The van der Waals surface area contributed by atoms with E-state index in [0.717, 1.165) is 24.4 Å². The molecule has 0 radical (unpaired) electrons. The van der Waals surface area contributed by atoms with Gasteiger partial charge in [0, 0.05) is 42.7 Å². The Balaban J connectivity index is 1.56. The van der Waals surface area contributed by atoms with E-state index in [2.05, 4.69) is 9.72 Å². The van der Waals surface area contributed by atoms with Crippen LogP contribution < -0.4 is 10.5 Å². The summed E-state index contributed by atoms with van der Waals surface area (Å²) in [5.41, 5.74) is 8.67. The van der Waals surface area contributed by atoms with Crippen molar-refractivity contribution in [3.05, 3.63) is 47.0 Å². The van der Waals surface area contributed by atoms with Gasteiger partial charge in [-0.25, -0.2) is 4.98 Å². The predicted octanol–water partition coefficient (Wildman–Crippen LogP) is 4.60. The van der Waals surface area contributed by atoms with Gasteiger partial charge in [0.1, 0.15) is 10.8 Å². The van der Waals surface area contributed by atoms with Crippen LogP contribution in [0.3, 0.4) is 0 Å². The van der Waals surface area contributed by atoms with Crippen LogP contribution in [0.5, 0.6) is 5.75 Å². The maximum Gasteiger partial charge on any atom is 0.573 e. The SMILES string of the molecule is Cc1c(C(N)=O)cc(-c2csc(-c3ccc(OC(F)(F)F)cc3)n2)n1CCCN1CCCC1=O. The summed E-state index contributed by atoms with van der Waals surface area (Å²) in [5, 5.41) is 2.44.